The van der Waals surface area contributed by atoms with Crippen molar-refractivity contribution in [2.75, 3.05) is 27.9 Å². The number of methoxy groups -OCH3 is 3. The first-order valence-electron chi connectivity index (χ1n) is 9.69. The van der Waals surface area contributed by atoms with E-state index in [1.165, 1.54) is 0 Å². The van der Waals surface area contributed by atoms with Crippen LogP contribution in [0.5, 0.6) is 11.5 Å². The molecule has 1 aromatic carbocycles. The largest absolute Gasteiger partial charge is 0.497 e. The van der Waals surface area contributed by atoms with E-state index in [-0.39, 0.29) is 0 Å². The summed E-state index contributed by atoms with van der Waals surface area (Å²) < 4.78 is 18.2. The van der Waals surface area contributed by atoms with E-state index < -0.39 is 0 Å². The van der Waals surface area contributed by atoms with Crippen molar-refractivity contribution in [3.63, 3.8) is 0 Å². The van der Waals surface area contributed by atoms with Crippen molar-refractivity contribution in [3.05, 3.63) is 47.7 Å². The zero-order valence-electron chi connectivity index (χ0n) is 18.2. The lowest BCUT2D eigenvalue weighted by Gasteiger charge is -2.28. The van der Waals surface area contributed by atoms with Gasteiger partial charge in [0.25, 0.3) is 5.90 Å². The van der Waals surface area contributed by atoms with Crippen molar-refractivity contribution in [2.24, 2.45) is 4.99 Å². The molecule has 1 aliphatic heterocycles. The third-order valence-corrected chi connectivity index (χ3v) is 4.40. The van der Waals surface area contributed by atoms with Crippen molar-refractivity contribution in [1.82, 2.24) is 19.7 Å². The van der Waals surface area contributed by atoms with Crippen LogP contribution in [0.4, 0.5) is 0 Å². The van der Waals surface area contributed by atoms with Crippen molar-refractivity contribution in [3.8, 4) is 11.5 Å². The van der Waals surface area contributed by atoms with Gasteiger partial charge in [0.2, 0.25) is 5.82 Å². The van der Waals surface area contributed by atoms with Gasteiger partial charge in [-0.05, 0) is 13.0 Å². The zero-order valence-corrected chi connectivity index (χ0v) is 18.2. The van der Waals surface area contributed by atoms with Crippen LogP contribution in [0.2, 0.25) is 0 Å². The summed E-state index contributed by atoms with van der Waals surface area (Å²) in [4.78, 5) is 6.61. The number of allylic oxidation sites excluding steroid dienone is 1. The average Bonchev–Trinajstić information content (AvgIpc) is 3.16. The Morgan fingerprint density at radius 2 is 1.90 bits per heavy atom. The van der Waals surface area contributed by atoms with Gasteiger partial charge >= 0.3 is 0 Å². The van der Waals surface area contributed by atoms with Crippen molar-refractivity contribution < 1.29 is 14.2 Å². The predicted molar refractivity (Wildman–Crippen MR) is 113 cm³/mol. The summed E-state index contributed by atoms with van der Waals surface area (Å²) in [7, 11) is 4.90. The standard InChI is InChI=1S/C19H25N5O3.C2H6/c1-13(2)20-19(27-5)18-22-21-17-12-23(8-9-24(17)18)11-14-6-7-15(25-3)10-16(14)26-4;1-2/h6-7,10H,1,8-9,11-12H2,2-5H3;1-2H3. The highest BCUT2D eigenvalue weighted by Crippen LogP contribution is 2.27. The summed E-state index contributed by atoms with van der Waals surface area (Å²) in [5.74, 6) is 3.55. The number of nitrogens with zero attached hydrogens (tertiary/aromatic N) is 5. The third kappa shape index (κ3) is 5.35. The molecular weight excluding hydrogens is 370 g/mol. The number of hydrogen-bond acceptors (Lipinski definition) is 7. The number of hydrogen-bond donors (Lipinski definition) is 0. The van der Waals surface area contributed by atoms with Gasteiger partial charge in [-0.15, -0.1) is 10.2 Å². The number of benzene rings is 1. The van der Waals surface area contributed by atoms with E-state index in [0.717, 1.165) is 42.5 Å². The van der Waals surface area contributed by atoms with Crippen LogP contribution in [-0.2, 0) is 24.4 Å². The monoisotopic (exact) mass is 401 g/mol. The summed E-state index contributed by atoms with van der Waals surface area (Å²) in [6.45, 7) is 12.7. The second-order valence-electron chi connectivity index (χ2n) is 6.34. The van der Waals surface area contributed by atoms with Gasteiger partial charge in [0.05, 0.1) is 27.9 Å². The van der Waals surface area contributed by atoms with E-state index in [2.05, 4.69) is 26.7 Å². The summed E-state index contributed by atoms with van der Waals surface area (Å²) >= 11 is 0. The molecule has 8 heteroatoms. The Morgan fingerprint density at radius 3 is 2.52 bits per heavy atom. The maximum Gasteiger partial charge on any atom is 0.259 e. The predicted octanol–water partition coefficient (Wildman–Crippen LogP) is 3.26. The Hall–Kier alpha value is -2.87. The highest BCUT2D eigenvalue weighted by atomic mass is 16.5. The second-order valence-corrected chi connectivity index (χ2v) is 6.34. The molecule has 0 unspecified atom stereocenters. The van der Waals surface area contributed by atoms with Gasteiger partial charge in [0, 0.05) is 37.0 Å². The molecule has 29 heavy (non-hydrogen) atoms. The second kappa shape index (κ2) is 10.6. The molecule has 0 radical (unpaired) electrons. The molecule has 0 saturated heterocycles. The molecule has 1 aliphatic rings. The van der Waals surface area contributed by atoms with Crippen LogP contribution in [0.15, 0.2) is 35.5 Å². The lowest BCUT2D eigenvalue weighted by atomic mass is 10.1. The molecule has 0 atom stereocenters. The highest BCUT2D eigenvalue weighted by Gasteiger charge is 2.24. The molecule has 158 valence electrons. The number of aliphatic imine (C=N–C) groups is 1. The minimum atomic E-state index is 0.437. The molecule has 0 spiro atoms. The molecule has 1 aromatic heterocycles. The normalized spacial score (nSPS) is 13.8. The van der Waals surface area contributed by atoms with E-state index in [0.29, 0.717) is 24.0 Å². The first-order chi connectivity index (χ1) is 14.0. The number of ether oxygens (including phenoxy) is 3. The molecule has 2 heterocycles. The topological polar surface area (TPSA) is 74.0 Å². The Kier molecular flexibility index (Phi) is 8.21. The maximum atomic E-state index is 5.51. The zero-order chi connectivity index (χ0) is 21.4. The molecule has 0 fully saturated rings. The molecule has 2 aromatic rings. The lowest BCUT2D eigenvalue weighted by molar-refractivity contribution is 0.205. The first-order valence-corrected chi connectivity index (χ1v) is 9.69. The van der Waals surface area contributed by atoms with E-state index in [4.69, 9.17) is 14.2 Å². The molecule has 0 bridgehead atoms. The van der Waals surface area contributed by atoms with Gasteiger partial charge in [0.15, 0.2) is 0 Å². The van der Waals surface area contributed by atoms with Crippen LogP contribution < -0.4 is 9.47 Å². The van der Waals surface area contributed by atoms with E-state index >= 15 is 0 Å². The Bertz CT molecular complexity index is 860. The Morgan fingerprint density at radius 1 is 1.14 bits per heavy atom. The summed E-state index contributed by atoms with van der Waals surface area (Å²) in [5.41, 5.74) is 1.76. The Balaban J connectivity index is 0.00000145. The summed E-state index contributed by atoms with van der Waals surface area (Å²) in [6.07, 6.45) is 0. The van der Waals surface area contributed by atoms with Gasteiger partial charge in [-0.2, -0.15) is 0 Å². The molecule has 0 saturated carbocycles. The van der Waals surface area contributed by atoms with Crippen LogP contribution >= 0.6 is 0 Å². The fourth-order valence-corrected chi connectivity index (χ4v) is 3.08. The summed E-state index contributed by atoms with van der Waals surface area (Å²) in [6, 6.07) is 5.88. The van der Waals surface area contributed by atoms with Gasteiger partial charge < -0.3 is 18.8 Å². The Labute approximate surface area is 172 Å². The molecule has 0 amide bonds. The third-order valence-electron chi connectivity index (χ3n) is 4.40. The lowest BCUT2D eigenvalue weighted by Crippen LogP contribution is -2.34. The molecule has 0 aliphatic carbocycles. The molecule has 8 nitrogen and oxygen atoms in total. The van der Waals surface area contributed by atoms with Crippen LogP contribution in [0.1, 0.15) is 38.0 Å². The quantitative estimate of drug-likeness (QED) is 0.546. The SMILES string of the molecule is C=C(C)N=C(OC)c1nnc2n1CCN(Cc1ccc(OC)cc1OC)C2.CC. The van der Waals surface area contributed by atoms with Gasteiger partial charge in [0.1, 0.15) is 17.3 Å². The van der Waals surface area contributed by atoms with Crippen molar-refractivity contribution in [1.29, 1.82) is 0 Å². The maximum absolute atomic E-state index is 5.51. The number of rotatable bonds is 6. The first kappa shape index (κ1) is 22.4. The van der Waals surface area contributed by atoms with Crippen LogP contribution in [0.3, 0.4) is 0 Å². The van der Waals surface area contributed by atoms with Crippen LogP contribution in [0.25, 0.3) is 0 Å². The molecular formula is C21H31N5O3. The average molecular weight is 402 g/mol. The number of aromatic nitrogens is 3. The van der Waals surface area contributed by atoms with Crippen LogP contribution in [-0.4, -0.2) is 53.4 Å². The van der Waals surface area contributed by atoms with Gasteiger partial charge in [-0.25, -0.2) is 4.99 Å². The molecule has 3 rings (SSSR count). The van der Waals surface area contributed by atoms with Gasteiger partial charge in [-0.1, -0.05) is 26.5 Å². The molecule has 0 N–H and O–H groups in total. The minimum Gasteiger partial charge on any atom is -0.497 e. The van der Waals surface area contributed by atoms with E-state index in [1.54, 1.807) is 21.3 Å². The summed E-state index contributed by atoms with van der Waals surface area (Å²) in [5, 5.41) is 8.59. The highest BCUT2D eigenvalue weighted by molar-refractivity contribution is 5.91. The van der Waals surface area contributed by atoms with E-state index in [9.17, 15) is 0 Å². The fourth-order valence-electron chi connectivity index (χ4n) is 3.08. The fraction of sp³-hybridized carbons (Fsp3) is 0.476. The van der Waals surface area contributed by atoms with E-state index in [1.807, 2.05) is 43.5 Å². The number of fused-ring (bicyclic) bond motifs is 1. The smallest absolute Gasteiger partial charge is 0.259 e. The van der Waals surface area contributed by atoms with Crippen molar-refractivity contribution >= 4 is 5.90 Å². The minimum absolute atomic E-state index is 0.437. The van der Waals surface area contributed by atoms with Crippen LogP contribution in [0, 0.1) is 0 Å². The van der Waals surface area contributed by atoms with Gasteiger partial charge in [-0.3, -0.25) is 4.90 Å². The van der Waals surface area contributed by atoms with Crippen molar-refractivity contribution in [2.45, 2.75) is 40.4 Å².